The Bertz CT molecular complexity index is 1040. The second kappa shape index (κ2) is 6.72. The number of hydrogen-bond donors (Lipinski definition) is 4. The summed E-state index contributed by atoms with van der Waals surface area (Å²) in [5.41, 5.74) is 6.17. The number of aromatic nitrogens is 2. The topological polar surface area (TPSA) is 114 Å². The molecule has 2 aliphatic rings. The van der Waals surface area contributed by atoms with E-state index in [0.29, 0.717) is 22.5 Å². The van der Waals surface area contributed by atoms with Crippen molar-refractivity contribution in [1.29, 1.82) is 0 Å². The molecule has 2 saturated heterocycles. The van der Waals surface area contributed by atoms with Crippen LogP contribution in [0.5, 0.6) is 0 Å². The van der Waals surface area contributed by atoms with Gasteiger partial charge in [-0.15, -0.1) is 0 Å². The van der Waals surface area contributed by atoms with Crippen LogP contribution in [0.2, 0.25) is 0 Å². The summed E-state index contributed by atoms with van der Waals surface area (Å²) in [6.45, 7) is 0. The molecule has 0 atom stereocenters. The van der Waals surface area contributed by atoms with Crippen molar-refractivity contribution in [2.75, 3.05) is 0 Å². The minimum atomic E-state index is -4.49. The average molecular weight is 452 g/mol. The monoisotopic (exact) mass is 452 g/mol. The number of rotatable bonds is 4. The van der Waals surface area contributed by atoms with E-state index in [1.165, 1.54) is 60.9 Å². The molecule has 0 aliphatic carbocycles. The fraction of sp³-hybridized carbons (Fsp3) is 0.200. The molecule has 0 spiro atoms. The molecule has 1 aromatic heterocycles. The summed E-state index contributed by atoms with van der Waals surface area (Å²) in [6, 6.07) is 11.4. The van der Waals surface area contributed by atoms with E-state index in [9.17, 15) is 26.3 Å². The first-order valence-corrected chi connectivity index (χ1v) is 9.32. The van der Waals surface area contributed by atoms with Gasteiger partial charge in [0.2, 0.25) is 11.3 Å². The van der Waals surface area contributed by atoms with E-state index in [4.69, 9.17) is 0 Å². The molecule has 2 aromatic carbocycles. The van der Waals surface area contributed by atoms with Gasteiger partial charge in [0.15, 0.2) is 0 Å². The summed E-state index contributed by atoms with van der Waals surface area (Å²) >= 11 is 0. The number of nitrogens with one attached hydrogen (secondary N) is 4. The number of alkyl halides is 6. The van der Waals surface area contributed by atoms with Gasteiger partial charge >= 0.3 is 12.4 Å². The van der Waals surface area contributed by atoms with Gasteiger partial charge in [0.05, 0.1) is 23.8 Å². The summed E-state index contributed by atoms with van der Waals surface area (Å²) in [5, 5.41) is 0. The van der Waals surface area contributed by atoms with E-state index in [-0.39, 0.29) is 11.1 Å². The summed E-state index contributed by atoms with van der Waals surface area (Å²) in [5.74, 6) is 0. The number of nitrogens with zero attached hydrogens (tertiary/aromatic N) is 2. The van der Waals surface area contributed by atoms with E-state index in [1.807, 2.05) is 0 Å². The van der Waals surface area contributed by atoms with Gasteiger partial charge in [-0.3, -0.25) is 9.97 Å². The van der Waals surface area contributed by atoms with E-state index in [1.54, 1.807) is 0 Å². The van der Waals surface area contributed by atoms with Crippen LogP contribution in [0.4, 0.5) is 26.3 Å². The summed E-state index contributed by atoms with van der Waals surface area (Å²) in [6.07, 6.45) is -6.08. The predicted octanol–water partition coefficient (Wildman–Crippen LogP) is 3.46. The Kier molecular flexibility index (Phi) is 4.37. The lowest BCUT2D eigenvalue weighted by Gasteiger charge is -2.16. The third-order valence-electron chi connectivity index (χ3n) is 5.48. The molecule has 0 saturated carbocycles. The third-order valence-corrected chi connectivity index (χ3v) is 5.48. The minimum Gasteiger partial charge on any atom is -0.252 e. The number of hydrazine groups is 2. The van der Waals surface area contributed by atoms with Gasteiger partial charge in [-0.1, -0.05) is 48.5 Å². The SMILES string of the molecule is FC(F)(F)C1(c2ccc(-c3cnc(-c4ccc(C5(C(F)(F)F)NN5)cc4)cn3)cc2)NN1. The normalized spacial score (nSPS) is 18.9. The molecule has 3 heterocycles. The summed E-state index contributed by atoms with van der Waals surface area (Å²) in [7, 11) is 0. The zero-order valence-electron chi connectivity index (χ0n) is 15.9. The lowest BCUT2D eigenvalue weighted by atomic mass is 10.0. The Morgan fingerprint density at radius 3 is 1.06 bits per heavy atom. The van der Waals surface area contributed by atoms with E-state index in [2.05, 4.69) is 31.7 Å². The molecule has 2 aliphatic heterocycles. The number of hydrogen-bond acceptors (Lipinski definition) is 6. The van der Waals surface area contributed by atoms with Gasteiger partial charge < -0.3 is 0 Å². The van der Waals surface area contributed by atoms with Crippen LogP contribution in [0, 0.1) is 0 Å². The predicted molar refractivity (Wildman–Crippen MR) is 101 cm³/mol. The molecule has 3 aromatic rings. The lowest BCUT2D eigenvalue weighted by Crippen LogP contribution is -2.34. The highest BCUT2D eigenvalue weighted by molar-refractivity contribution is 5.63. The van der Waals surface area contributed by atoms with Gasteiger partial charge in [0, 0.05) is 11.1 Å². The summed E-state index contributed by atoms with van der Waals surface area (Å²) in [4.78, 5) is 8.57. The minimum absolute atomic E-state index is 0.0229. The van der Waals surface area contributed by atoms with Crippen molar-refractivity contribution >= 4 is 0 Å². The van der Waals surface area contributed by atoms with Gasteiger partial charge in [-0.2, -0.15) is 26.3 Å². The largest absolute Gasteiger partial charge is 0.426 e. The van der Waals surface area contributed by atoms with Gasteiger partial charge in [-0.25, -0.2) is 21.7 Å². The Morgan fingerprint density at radius 1 is 0.531 bits per heavy atom. The van der Waals surface area contributed by atoms with E-state index in [0.717, 1.165) is 0 Å². The molecule has 0 unspecified atom stereocenters. The first kappa shape index (κ1) is 20.8. The highest BCUT2D eigenvalue weighted by Crippen LogP contribution is 2.43. The van der Waals surface area contributed by atoms with Crippen molar-refractivity contribution in [2.24, 2.45) is 0 Å². The Morgan fingerprint density at radius 2 is 0.844 bits per heavy atom. The molecule has 32 heavy (non-hydrogen) atoms. The van der Waals surface area contributed by atoms with Gasteiger partial charge in [0.1, 0.15) is 0 Å². The van der Waals surface area contributed by atoms with Gasteiger partial charge in [-0.05, 0) is 11.1 Å². The van der Waals surface area contributed by atoms with Crippen molar-refractivity contribution in [2.45, 2.75) is 23.7 Å². The Balaban J connectivity index is 1.34. The van der Waals surface area contributed by atoms with Crippen LogP contribution < -0.4 is 21.7 Å². The molecule has 2 fully saturated rings. The molecule has 0 radical (unpaired) electrons. The summed E-state index contributed by atoms with van der Waals surface area (Å²) < 4.78 is 78.9. The molecule has 0 amide bonds. The van der Waals surface area contributed by atoms with Gasteiger partial charge in [0.25, 0.3) is 0 Å². The van der Waals surface area contributed by atoms with Crippen molar-refractivity contribution in [3.8, 4) is 22.5 Å². The quantitative estimate of drug-likeness (QED) is 0.356. The van der Waals surface area contributed by atoms with Crippen LogP contribution in [0.15, 0.2) is 60.9 Å². The first-order chi connectivity index (χ1) is 15.1. The van der Waals surface area contributed by atoms with Crippen LogP contribution in [0.1, 0.15) is 11.1 Å². The van der Waals surface area contributed by atoms with E-state index < -0.39 is 23.7 Å². The Hall–Kier alpha value is -3.06. The van der Waals surface area contributed by atoms with Crippen LogP contribution in [-0.2, 0) is 11.3 Å². The lowest BCUT2D eigenvalue weighted by molar-refractivity contribution is -0.166. The van der Waals surface area contributed by atoms with Crippen LogP contribution in [0.25, 0.3) is 22.5 Å². The van der Waals surface area contributed by atoms with Crippen molar-refractivity contribution in [3.05, 3.63) is 72.1 Å². The molecule has 5 rings (SSSR count). The van der Waals surface area contributed by atoms with Crippen LogP contribution in [-0.4, -0.2) is 22.3 Å². The fourth-order valence-electron chi connectivity index (χ4n) is 3.43. The number of halogens is 6. The maximum absolute atomic E-state index is 13.2. The molecule has 0 bridgehead atoms. The molecular formula is C20H14F6N6. The van der Waals surface area contributed by atoms with Crippen LogP contribution in [0.3, 0.4) is 0 Å². The third kappa shape index (κ3) is 3.23. The maximum Gasteiger partial charge on any atom is 0.426 e. The highest BCUT2D eigenvalue weighted by Gasteiger charge is 2.66. The number of benzene rings is 2. The second-order valence-corrected chi connectivity index (χ2v) is 7.44. The second-order valence-electron chi connectivity index (χ2n) is 7.44. The van der Waals surface area contributed by atoms with Crippen molar-refractivity contribution < 1.29 is 26.3 Å². The first-order valence-electron chi connectivity index (χ1n) is 9.32. The molecule has 6 nitrogen and oxygen atoms in total. The standard InChI is InChI=1S/C20H14F6N6/c21-19(22,23)17(29-30-17)13-5-1-11(2-6-13)15-9-28-16(10-27-15)12-3-7-14(8-4-12)18(31-32-18)20(24,25)26/h1-10,29-32H. The zero-order chi connectivity index (χ0) is 22.8. The molecule has 166 valence electrons. The van der Waals surface area contributed by atoms with Crippen molar-refractivity contribution in [1.82, 2.24) is 31.7 Å². The average Bonchev–Trinajstić information content (AvgIpc) is 3.66. The van der Waals surface area contributed by atoms with Crippen LogP contribution >= 0.6 is 0 Å². The highest BCUT2D eigenvalue weighted by atomic mass is 19.4. The fourth-order valence-corrected chi connectivity index (χ4v) is 3.43. The Labute approximate surface area is 177 Å². The maximum atomic E-state index is 13.2. The smallest absolute Gasteiger partial charge is 0.252 e. The van der Waals surface area contributed by atoms with Crippen molar-refractivity contribution in [3.63, 3.8) is 0 Å². The molecular weight excluding hydrogens is 438 g/mol. The van der Waals surface area contributed by atoms with E-state index >= 15 is 0 Å². The zero-order valence-corrected chi connectivity index (χ0v) is 15.9. The molecule has 4 N–H and O–H groups in total. The molecule has 12 heteroatoms.